The van der Waals surface area contributed by atoms with Crippen LogP contribution >= 0.6 is 0 Å². The van der Waals surface area contributed by atoms with Crippen LogP contribution in [0.15, 0.2) is 16.8 Å². The van der Waals surface area contributed by atoms with E-state index in [9.17, 15) is 0 Å². The fourth-order valence-electron chi connectivity index (χ4n) is 0.646. The van der Waals surface area contributed by atoms with Crippen LogP contribution in [0.1, 0.15) is 0 Å². The van der Waals surface area contributed by atoms with Crippen molar-refractivity contribution in [3.63, 3.8) is 0 Å². The number of hydrazine groups is 1. The minimum absolute atomic E-state index is 0.247. The van der Waals surface area contributed by atoms with E-state index >= 15 is 0 Å². The first-order valence-corrected chi connectivity index (χ1v) is 2.51. The molecule has 0 atom stereocenters. The van der Waals surface area contributed by atoms with Crippen LogP contribution in [-0.2, 0) is 9.47 Å². The maximum absolute atomic E-state index is 4.93. The van der Waals surface area contributed by atoms with Gasteiger partial charge in [-0.15, -0.1) is 0 Å². The van der Waals surface area contributed by atoms with E-state index in [1.165, 1.54) is 6.34 Å². The lowest BCUT2D eigenvalue weighted by Crippen LogP contribution is -2.32. The van der Waals surface area contributed by atoms with Gasteiger partial charge in [-0.3, -0.25) is 10.9 Å². The summed E-state index contributed by atoms with van der Waals surface area (Å²) in [6.07, 6.45) is 1.49. The highest BCUT2D eigenvalue weighted by atomic mass is 16.7. The fourth-order valence-corrected chi connectivity index (χ4v) is 0.646. The lowest BCUT2D eigenvalue weighted by atomic mass is 10.7. The van der Waals surface area contributed by atoms with E-state index in [2.05, 4.69) is 15.8 Å². The third-order valence-electron chi connectivity index (χ3n) is 1.03. The Morgan fingerprint density at radius 1 is 1.56 bits per heavy atom. The largest absolute Gasteiger partial charge is 0.436 e. The molecule has 5 heteroatoms. The maximum Gasteiger partial charge on any atom is 0.281 e. The molecule has 48 valence electrons. The lowest BCUT2D eigenvalue weighted by Gasteiger charge is -2.06. The third kappa shape index (κ3) is 0.576. The van der Waals surface area contributed by atoms with Gasteiger partial charge in [0.2, 0.25) is 6.79 Å². The SMILES string of the molecule is C1=NC2=C(NN1)OCO2. The lowest BCUT2D eigenvalue weighted by molar-refractivity contribution is 0.0661. The zero-order valence-electron chi connectivity index (χ0n) is 4.55. The highest BCUT2D eigenvalue weighted by Crippen LogP contribution is 2.14. The Balaban J connectivity index is 2.28. The van der Waals surface area contributed by atoms with Gasteiger partial charge in [0.05, 0.1) is 0 Å². The molecular weight excluding hydrogens is 122 g/mol. The molecule has 0 saturated heterocycles. The van der Waals surface area contributed by atoms with Crippen molar-refractivity contribution < 1.29 is 9.47 Å². The topological polar surface area (TPSA) is 54.9 Å². The number of ether oxygens (including phenoxy) is 2. The highest BCUT2D eigenvalue weighted by Gasteiger charge is 2.17. The van der Waals surface area contributed by atoms with Crippen molar-refractivity contribution in [2.45, 2.75) is 0 Å². The molecule has 0 amide bonds. The average Bonchev–Trinajstić information content (AvgIpc) is 2.33. The summed E-state index contributed by atoms with van der Waals surface area (Å²) in [4.78, 5) is 3.83. The van der Waals surface area contributed by atoms with E-state index < -0.39 is 0 Å². The predicted octanol–water partition coefficient (Wildman–Crippen LogP) is -0.747. The van der Waals surface area contributed by atoms with E-state index in [4.69, 9.17) is 9.47 Å². The van der Waals surface area contributed by atoms with Crippen molar-refractivity contribution in [3.05, 3.63) is 11.8 Å². The third-order valence-corrected chi connectivity index (χ3v) is 1.03. The van der Waals surface area contributed by atoms with Crippen molar-refractivity contribution in [2.24, 2.45) is 4.99 Å². The van der Waals surface area contributed by atoms with Gasteiger partial charge in [-0.25, -0.2) is 0 Å². The van der Waals surface area contributed by atoms with Crippen LogP contribution < -0.4 is 10.9 Å². The molecular formula is C4H5N3O2. The second-order valence-electron chi connectivity index (χ2n) is 1.57. The molecule has 0 aromatic rings. The molecule has 0 spiro atoms. The maximum atomic E-state index is 4.93. The monoisotopic (exact) mass is 127 g/mol. The standard InChI is InChI=1S/C4H5N3O2/c1-5-3-4(7-6-1)9-2-8-3/h1,7H,2H2,(H,5,6). The first-order valence-electron chi connectivity index (χ1n) is 2.51. The van der Waals surface area contributed by atoms with Gasteiger partial charge in [0, 0.05) is 0 Å². The number of hydrogen-bond acceptors (Lipinski definition) is 5. The first-order chi connectivity index (χ1) is 4.47. The quantitative estimate of drug-likeness (QED) is 0.449. The van der Waals surface area contributed by atoms with E-state index in [0.29, 0.717) is 11.8 Å². The van der Waals surface area contributed by atoms with E-state index in [1.807, 2.05) is 0 Å². The van der Waals surface area contributed by atoms with Crippen LogP contribution in [0.3, 0.4) is 0 Å². The predicted molar refractivity (Wildman–Crippen MR) is 28.8 cm³/mol. The molecule has 2 aliphatic rings. The van der Waals surface area contributed by atoms with Crippen molar-refractivity contribution in [2.75, 3.05) is 6.79 Å². The van der Waals surface area contributed by atoms with Crippen molar-refractivity contribution in [1.82, 2.24) is 10.9 Å². The van der Waals surface area contributed by atoms with Gasteiger partial charge in [0.25, 0.3) is 11.8 Å². The summed E-state index contributed by atoms with van der Waals surface area (Å²) >= 11 is 0. The van der Waals surface area contributed by atoms with Gasteiger partial charge in [-0.1, -0.05) is 0 Å². The van der Waals surface area contributed by atoms with Crippen LogP contribution in [0.4, 0.5) is 0 Å². The highest BCUT2D eigenvalue weighted by molar-refractivity contribution is 5.56. The van der Waals surface area contributed by atoms with Gasteiger partial charge in [0.15, 0.2) is 0 Å². The number of rotatable bonds is 0. The summed E-state index contributed by atoms with van der Waals surface area (Å²) in [5.74, 6) is 1.06. The summed E-state index contributed by atoms with van der Waals surface area (Å²) in [6.45, 7) is 0.247. The number of nitrogens with one attached hydrogen (secondary N) is 2. The molecule has 2 N–H and O–H groups in total. The zero-order chi connectivity index (χ0) is 6.10. The van der Waals surface area contributed by atoms with E-state index in [1.54, 1.807) is 0 Å². The Kier molecular flexibility index (Phi) is 0.769. The molecule has 0 aliphatic carbocycles. The Morgan fingerprint density at radius 3 is 3.44 bits per heavy atom. The fraction of sp³-hybridized carbons (Fsp3) is 0.250. The number of hydrogen-bond donors (Lipinski definition) is 2. The Labute approximate surface area is 51.3 Å². The van der Waals surface area contributed by atoms with Gasteiger partial charge in [-0.05, 0) is 0 Å². The van der Waals surface area contributed by atoms with Crippen LogP contribution in [0.25, 0.3) is 0 Å². The van der Waals surface area contributed by atoms with Gasteiger partial charge < -0.3 is 9.47 Å². The molecule has 2 rings (SSSR count). The van der Waals surface area contributed by atoms with Crippen LogP contribution in [-0.4, -0.2) is 13.1 Å². The zero-order valence-corrected chi connectivity index (χ0v) is 4.55. The molecule has 0 saturated carbocycles. The molecule has 0 radical (unpaired) electrons. The van der Waals surface area contributed by atoms with Crippen LogP contribution in [0, 0.1) is 0 Å². The Morgan fingerprint density at radius 2 is 2.56 bits per heavy atom. The number of nitrogens with zero attached hydrogens (tertiary/aromatic N) is 1. The summed E-state index contributed by atoms with van der Waals surface area (Å²) < 4.78 is 9.84. The summed E-state index contributed by atoms with van der Waals surface area (Å²) in [7, 11) is 0. The molecule has 2 heterocycles. The van der Waals surface area contributed by atoms with Crippen molar-refractivity contribution in [1.29, 1.82) is 0 Å². The molecule has 0 unspecified atom stereocenters. The van der Waals surface area contributed by atoms with E-state index in [-0.39, 0.29) is 6.79 Å². The van der Waals surface area contributed by atoms with Crippen LogP contribution in [0.2, 0.25) is 0 Å². The van der Waals surface area contributed by atoms with Gasteiger partial charge >= 0.3 is 0 Å². The Bertz CT molecular complexity index is 186. The summed E-state index contributed by atoms with van der Waals surface area (Å²) in [5.41, 5.74) is 5.37. The minimum atomic E-state index is 0.247. The second-order valence-corrected chi connectivity index (χ2v) is 1.57. The smallest absolute Gasteiger partial charge is 0.281 e. The second kappa shape index (κ2) is 1.54. The molecule has 0 aromatic carbocycles. The summed E-state index contributed by atoms with van der Waals surface area (Å²) in [6, 6.07) is 0. The van der Waals surface area contributed by atoms with Gasteiger partial charge in [0.1, 0.15) is 6.34 Å². The van der Waals surface area contributed by atoms with Gasteiger partial charge in [-0.2, -0.15) is 4.99 Å². The number of aliphatic imine (C=N–C) groups is 1. The molecule has 9 heavy (non-hydrogen) atoms. The summed E-state index contributed by atoms with van der Waals surface area (Å²) in [5, 5.41) is 0. The van der Waals surface area contributed by atoms with Crippen LogP contribution in [0.5, 0.6) is 0 Å². The molecule has 0 aromatic heterocycles. The van der Waals surface area contributed by atoms with Crippen molar-refractivity contribution in [3.8, 4) is 0 Å². The van der Waals surface area contributed by atoms with E-state index in [0.717, 1.165) is 0 Å². The first kappa shape index (κ1) is 4.49. The molecule has 5 nitrogen and oxygen atoms in total. The molecule has 0 bridgehead atoms. The molecule has 0 fully saturated rings. The Hall–Kier alpha value is -1.39. The van der Waals surface area contributed by atoms with Crippen molar-refractivity contribution >= 4 is 6.34 Å². The average molecular weight is 127 g/mol. The normalized spacial score (nSPS) is 21.3. The minimum Gasteiger partial charge on any atom is -0.436 e. The molecule has 2 aliphatic heterocycles.